The lowest BCUT2D eigenvalue weighted by Crippen LogP contribution is -2.20. The number of hydrogen-bond donors (Lipinski definition) is 2. The van der Waals surface area contributed by atoms with E-state index in [9.17, 15) is 8.78 Å². The SMILES string of the molecule is COc1ccc(NC(CN)c2cccc(C(F)F)c2)cc1. The summed E-state index contributed by atoms with van der Waals surface area (Å²) in [4.78, 5) is 0. The minimum Gasteiger partial charge on any atom is -0.497 e. The molecule has 5 heteroatoms. The number of nitrogens with one attached hydrogen (secondary N) is 1. The Hall–Kier alpha value is -2.14. The zero-order valence-corrected chi connectivity index (χ0v) is 11.7. The topological polar surface area (TPSA) is 47.3 Å². The average Bonchev–Trinajstić information content (AvgIpc) is 2.53. The Balaban J connectivity index is 2.17. The van der Waals surface area contributed by atoms with Crippen LogP contribution in [0.15, 0.2) is 48.5 Å². The van der Waals surface area contributed by atoms with Crippen molar-refractivity contribution in [3.05, 3.63) is 59.7 Å². The van der Waals surface area contributed by atoms with E-state index in [1.54, 1.807) is 19.2 Å². The van der Waals surface area contributed by atoms with Crippen molar-refractivity contribution < 1.29 is 13.5 Å². The number of anilines is 1. The molecule has 2 aromatic carbocycles. The van der Waals surface area contributed by atoms with Crippen molar-refractivity contribution in [1.82, 2.24) is 0 Å². The van der Waals surface area contributed by atoms with Crippen LogP contribution in [0.3, 0.4) is 0 Å². The van der Waals surface area contributed by atoms with Crippen LogP contribution in [0.4, 0.5) is 14.5 Å². The predicted octanol–water partition coefficient (Wildman–Crippen LogP) is 3.74. The van der Waals surface area contributed by atoms with Crippen molar-refractivity contribution in [1.29, 1.82) is 0 Å². The van der Waals surface area contributed by atoms with Gasteiger partial charge in [0, 0.05) is 17.8 Å². The number of rotatable bonds is 6. The Labute approximate surface area is 122 Å². The Morgan fingerprint density at radius 3 is 2.33 bits per heavy atom. The van der Waals surface area contributed by atoms with Crippen molar-refractivity contribution in [2.24, 2.45) is 5.73 Å². The molecule has 0 aromatic heterocycles. The smallest absolute Gasteiger partial charge is 0.263 e. The molecule has 0 spiro atoms. The van der Waals surface area contributed by atoms with Gasteiger partial charge in [-0.15, -0.1) is 0 Å². The van der Waals surface area contributed by atoms with Gasteiger partial charge in [0.05, 0.1) is 13.2 Å². The maximum atomic E-state index is 12.8. The maximum absolute atomic E-state index is 12.8. The standard InChI is InChI=1S/C16H18F2N2O/c1-21-14-7-5-13(6-8-14)20-15(10-19)11-3-2-4-12(9-11)16(17)18/h2-9,15-16,20H,10,19H2,1H3. The first-order valence-electron chi connectivity index (χ1n) is 6.62. The minimum absolute atomic E-state index is 0.00230. The second-order valence-corrected chi connectivity index (χ2v) is 4.63. The summed E-state index contributed by atoms with van der Waals surface area (Å²) in [6, 6.07) is 13.5. The molecule has 1 unspecified atom stereocenters. The molecule has 0 bridgehead atoms. The van der Waals surface area contributed by atoms with Crippen LogP contribution in [0.1, 0.15) is 23.6 Å². The molecule has 3 nitrogen and oxygen atoms in total. The summed E-state index contributed by atoms with van der Waals surface area (Å²) in [6.45, 7) is 0.304. The summed E-state index contributed by atoms with van der Waals surface area (Å²) in [5.41, 5.74) is 7.36. The Bertz CT molecular complexity index is 573. The lowest BCUT2D eigenvalue weighted by molar-refractivity contribution is 0.151. The number of methoxy groups -OCH3 is 1. The fourth-order valence-electron chi connectivity index (χ4n) is 2.08. The monoisotopic (exact) mass is 292 g/mol. The fraction of sp³-hybridized carbons (Fsp3) is 0.250. The van der Waals surface area contributed by atoms with E-state index >= 15 is 0 Å². The molecule has 0 saturated heterocycles. The van der Waals surface area contributed by atoms with Gasteiger partial charge >= 0.3 is 0 Å². The zero-order chi connectivity index (χ0) is 15.2. The summed E-state index contributed by atoms with van der Waals surface area (Å²) in [6.07, 6.45) is -2.48. The molecule has 1 atom stereocenters. The normalized spacial score (nSPS) is 12.2. The van der Waals surface area contributed by atoms with Gasteiger partial charge in [0.25, 0.3) is 6.43 Å². The molecule has 112 valence electrons. The van der Waals surface area contributed by atoms with E-state index in [2.05, 4.69) is 5.32 Å². The van der Waals surface area contributed by atoms with Crippen molar-refractivity contribution in [2.75, 3.05) is 19.0 Å². The molecule has 0 saturated carbocycles. The summed E-state index contributed by atoms with van der Waals surface area (Å²) >= 11 is 0. The number of nitrogens with two attached hydrogens (primary N) is 1. The average molecular weight is 292 g/mol. The van der Waals surface area contributed by atoms with Crippen LogP contribution in [0.25, 0.3) is 0 Å². The van der Waals surface area contributed by atoms with Gasteiger partial charge in [-0.25, -0.2) is 8.78 Å². The molecule has 3 N–H and O–H groups in total. The minimum atomic E-state index is -2.48. The highest BCUT2D eigenvalue weighted by molar-refractivity contribution is 5.48. The molecular weight excluding hydrogens is 274 g/mol. The third-order valence-electron chi connectivity index (χ3n) is 3.23. The van der Waals surface area contributed by atoms with Crippen molar-refractivity contribution in [3.8, 4) is 5.75 Å². The van der Waals surface area contributed by atoms with Crippen LogP contribution in [0, 0.1) is 0 Å². The van der Waals surface area contributed by atoms with Crippen LogP contribution in [0.2, 0.25) is 0 Å². The summed E-state index contributed by atoms with van der Waals surface area (Å²) < 4.78 is 30.6. The van der Waals surface area contributed by atoms with Gasteiger partial charge in [-0.2, -0.15) is 0 Å². The molecular formula is C16H18F2N2O. The first-order valence-corrected chi connectivity index (χ1v) is 6.62. The molecule has 0 aliphatic rings. The molecule has 2 aromatic rings. The number of halogens is 2. The predicted molar refractivity (Wildman–Crippen MR) is 79.8 cm³/mol. The molecule has 0 radical (unpaired) electrons. The van der Waals surface area contributed by atoms with Crippen molar-refractivity contribution >= 4 is 5.69 Å². The summed E-state index contributed by atoms with van der Waals surface area (Å²) in [5.74, 6) is 0.754. The first kappa shape index (κ1) is 15.3. The molecule has 0 aliphatic heterocycles. The van der Waals surface area contributed by atoms with E-state index in [1.807, 2.05) is 24.3 Å². The van der Waals surface area contributed by atoms with E-state index in [-0.39, 0.29) is 11.6 Å². The summed E-state index contributed by atoms with van der Waals surface area (Å²) in [5, 5.41) is 3.24. The maximum Gasteiger partial charge on any atom is 0.263 e. The Morgan fingerprint density at radius 2 is 1.76 bits per heavy atom. The number of alkyl halides is 2. The highest BCUT2D eigenvalue weighted by atomic mass is 19.3. The first-order chi connectivity index (χ1) is 10.1. The second-order valence-electron chi connectivity index (χ2n) is 4.63. The van der Waals surface area contributed by atoms with Crippen molar-refractivity contribution in [3.63, 3.8) is 0 Å². The quantitative estimate of drug-likeness (QED) is 0.852. The molecule has 21 heavy (non-hydrogen) atoms. The fourth-order valence-corrected chi connectivity index (χ4v) is 2.08. The van der Waals surface area contributed by atoms with E-state index in [4.69, 9.17) is 10.5 Å². The number of hydrogen-bond acceptors (Lipinski definition) is 3. The number of ether oxygens (including phenoxy) is 1. The summed E-state index contributed by atoms with van der Waals surface area (Å²) in [7, 11) is 1.60. The molecule has 2 rings (SSSR count). The molecule has 0 heterocycles. The van der Waals surface area contributed by atoms with E-state index < -0.39 is 6.43 Å². The largest absolute Gasteiger partial charge is 0.497 e. The van der Waals surface area contributed by atoms with Crippen LogP contribution < -0.4 is 15.8 Å². The molecule has 0 amide bonds. The van der Waals surface area contributed by atoms with E-state index in [0.717, 1.165) is 17.0 Å². The highest BCUT2D eigenvalue weighted by Crippen LogP contribution is 2.25. The van der Waals surface area contributed by atoms with Crippen molar-refractivity contribution in [2.45, 2.75) is 12.5 Å². The van der Waals surface area contributed by atoms with Gasteiger partial charge < -0.3 is 15.8 Å². The van der Waals surface area contributed by atoms with Gasteiger partial charge in [-0.05, 0) is 35.9 Å². The van der Waals surface area contributed by atoms with Crippen LogP contribution >= 0.6 is 0 Å². The third-order valence-corrected chi connectivity index (χ3v) is 3.23. The van der Waals surface area contributed by atoms with Gasteiger partial charge in [-0.3, -0.25) is 0 Å². The van der Waals surface area contributed by atoms with E-state index in [0.29, 0.717) is 6.54 Å². The third kappa shape index (κ3) is 3.92. The van der Waals surface area contributed by atoms with Crippen LogP contribution in [-0.2, 0) is 0 Å². The Morgan fingerprint density at radius 1 is 1.10 bits per heavy atom. The number of benzene rings is 2. The molecule has 0 fully saturated rings. The highest BCUT2D eigenvalue weighted by Gasteiger charge is 2.13. The van der Waals surface area contributed by atoms with E-state index in [1.165, 1.54) is 12.1 Å². The second kappa shape index (κ2) is 7.04. The lowest BCUT2D eigenvalue weighted by atomic mass is 10.0. The molecule has 0 aliphatic carbocycles. The van der Waals surface area contributed by atoms with Crippen LogP contribution in [0.5, 0.6) is 5.75 Å². The zero-order valence-electron chi connectivity index (χ0n) is 11.7. The van der Waals surface area contributed by atoms with Crippen LogP contribution in [-0.4, -0.2) is 13.7 Å². The lowest BCUT2D eigenvalue weighted by Gasteiger charge is -2.19. The van der Waals surface area contributed by atoms with Gasteiger partial charge in [-0.1, -0.05) is 18.2 Å². The van der Waals surface area contributed by atoms with Gasteiger partial charge in [0.2, 0.25) is 0 Å². The van der Waals surface area contributed by atoms with Gasteiger partial charge in [0.15, 0.2) is 0 Å². The van der Waals surface area contributed by atoms with Gasteiger partial charge in [0.1, 0.15) is 5.75 Å². The Kier molecular flexibility index (Phi) is 5.11.